The van der Waals surface area contributed by atoms with E-state index in [1.54, 1.807) is 13.0 Å². The van der Waals surface area contributed by atoms with Gasteiger partial charge in [-0.3, -0.25) is 4.79 Å². The summed E-state index contributed by atoms with van der Waals surface area (Å²) in [6, 6.07) is 11.6. The third kappa shape index (κ3) is 3.17. The largest absolute Gasteiger partial charge is 0.351 e. The Labute approximate surface area is 125 Å². The molecule has 5 nitrogen and oxygen atoms in total. The molecule has 1 amide bonds. The summed E-state index contributed by atoms with van der Waals surface area (Å²) in [4.78, 5) is 16.8. The van der Waals surface area contributed by atoms with Crippen LogP contribution in [-0.4, -0.2) is 15.6 Å². The van der Waals surface area contributed by atoms with E-state index in [0.717, 1.165) is 5.56 Å². The fraction of sp³-hybridized carbons (Fsp3) is 0.133. The molecule has 2 aromatic heterocycles. The molecule has 0 unspecified atom stereocenters. The highest BCUT2D eigenvalue weighted by atomic mass is 32.1. The summed E-state index contributed by atoms with van der Waals surface area (Å²) < 4.78 is 6.87. The molecule has 1 aromatic carbocycles. The molecule has 0 radical (unpaired) electrons. The topological polar surface area (TPSA) is 60.4 Å². The Hall–Kier alpha value is -2.47. The van der Waals surface area contributed by atoms with Gasteiger partial charge in [0, 0.05) is 24.2 Å². The number of aromatic nitrogens is 2. The van der Waals surface area contributed by atoms with Gasteiger partial charge in [0.25, 0.3) is 0 Å². The minimum absolute atomic E-state index is 0.159. The van der Waals surface area contributed by atoms with E-state index < -0.39 is 5.91 Å². The van der Waals surface area contributed by atoms with Crippen molar-refractivity contribution >= 4 is 17.2 Å². The Morgan fingerprint density at radius 2 is 2.19 bits per heavy atom. The maximum atomic E-state index is 12.0. The number of hydrogen-bond donors (Lipinski definition) is 0. The zero-order valence-corrected chi connectivity index (χ0v) is 12.2. The maximum absolute atomic E-state index is 12.0. The number of nitrogens with zero attached hydrogens (tertiary/aromatic N) is 3. The average molecular weight is 299 g/mol. The zero-order valence-electron chi connectivity index (χ0n) is 11.4. The number of carbonyl (C=O) groups is 1. The highest BCUT2D eigenvalue weighted by Gasteiger charge is 2.10. The maximum Gasteiger partial charge on any atom is 0.318 e. The molecule has 3 rings (SSSR count). The van der Waals surface area contributed by atoms with Crippen molar-refractivity contribution < 1.29 is 9.32 Å². The van der Waals surface area contributed by atoms with Crippen molar-refractivity contribution in [2.75, 3.05) is 0 Å². The van der Waals surface area contributed by atoms with Gasteiger partial charge in [-0.1, -0.05) is 35.5 Å². The molecule has 3 aromatic rings. The van der Waals surface area contributed by atoms with Gasteiger partial charge < -0.3 is 9.09 Å². The molecule has 0 fully saturated rings. The monoisotopic (exact) mass is 299 g/mol. The van der Waals surface area contributed by atoms with Gasteiger partial charge in [0.1, 0.15) is 0 Å². The summed E-state index contributed by atoms with van der Waals surface area (Å²) in [5.74, 6) is -0.257. The van der Waals surface area contributed by atoms with E-state index in [2.05, 4.69) is 10.1 Å². The van der Waals surface area contributed by atoms with E-state index in [-0.39, 0.29) is 5.76 Å². The van der Waals surface area contributed by atoms with E-state index >= 15 is 0 Å². The molecule has 0 atom stereocenters. The second kappa shape index (κ2) is 5.88. The van der Waals surface area contributed by atoms with Crippen molar-refractivity contribution in [3.05, 3.63) is 69.8 Å². The first-order chi connectivity index (χ1) is 10.2. The lowest BCUT2D eigenvalue weighted by Gasteiger charge is -2.02. The van der Waals surface area contributed by atoms with E-state index in [1.165, 1.54) is 11.3 Å². The first kappa shape index (κ1) is 13.5. The fourth-order valence-corrected chi connectivity index (χ4v) is 2.62. The normalized spacial score (nSPS) is 11.8. The molecule has 0 saturated heterocycles. The van der Waals surface area contributed by atoms with Crippen LogP contribution in [0.15, 0.2) is 57.5 Å². The van der Waals surface area contributed by atoms with Crippen LogP contribution in [0.1, 0.15) is 21.8 Å². The minimum atomic E-state index is -0.417. The van der Waals surface area contributed by atoms with Crippen molar-refractivity contribution in [1.29, 1.82) is 0 Å². The molecular formula is C15H13N3O2S. The number of hydrogen-bond acceptors (Lipinski definition) is 4. The second-order valence-electron chi connectivity index (χ2n) is 4.55. The standard InChI is InChI=1S/C15H13N3O2S/c1-11-9-13(20-17-11)14(19)16-15-18(7-8-21-15)10-12-5-3-2-4-6-12/h2-9H,10H2,1H3. The molecule has 6 heteroatoms. The summed E-state index contributed by atoms with van der Waals surface area (Å²) >= 11 is 1.41. The quantitative estimate of drug-likeness (QED) is 0.747. The van der Waals surface area contributed by atoms with Gasteiger partial charge in [-0.2, -0.15) is 4.99 Å². The summed E-state index contributed by atoms with van der Waals surface area (Å²) in [5.41, 5.74) is 1.82. The van der Waals surface area contributed by atoms with Crippen LogP contribution in [0.2, 0.25) is 0 Å². The number of benzene rings is 1. The van der Waals surface area contributed by atoms with E-state index in [9.17, 15) is 4.79 Å². The first-order valence-corrected chi connectivity index (χ1v) is 7.30. The third-order valence-corrected chi connectivity index (χ3v) is 3.69. The summed E-state index contributed by atoms with van der Waals surface area (Å²) in [6.07, 6.45) is 1.91. The number of amides is 1. The molecule has 106 valence electrons. The highest BCUT2D eigenvalue weighted by Crippen LogP contribution is 2.05. The van der Waals surface area contributed by atoms with Crippen molar-refractivity contribution in [2.45, 2.75) is 13.5 Å². The molecule has 2 heterocycles. The minimum Gasteiger partial charge on any atom is -0.351 e. The van der Waals surface area contributed by atoms with Crippen LogP contribution < -0.4 is 4.80 Å². The Kier molecular flexibility index (Phi) is 3.79. The van der Waals surface area contributed by atoms with Crippen LogP contribution >= 0.6 is 11.3 Å². The Balaban J connectivity index is 1.88. The predicted molar refractivity (Wildman–Crippen MR) is 79.0 cm³/mol. The molecule has 0 N–H and O–H groups in total. The fourth-order valence-electron chi connectivity index (χ4n) is 1.89. The number of carbonyl (C=O) groups excluding carboxylic acids is 1. The SMILES string of the molecule is Cc1cc(C(=O)N=c2sccn2Cc2ccccc2)on1. The van der Waals surface area contributed by atoms with Crippen molar-refractivity contribution in [2.24, 2.45) is 4.99 Å². The molecule has 0 aliphatic heterocycles. The lowest BCUT2D eigenvalue weighted by atomic mass is 10.2. The van der Waals surface area contributed by atoms with Crippen LogP contribution in [0, 0.1) is 6.92 Å². The molecule has 0 spiro atoms. The Morgan fingerprint density at radius 3 is 2.90 bits per heavy atom. The molecule has 21 heavy (non-hydrogen) atoms. The van der Waals surface area contributed by atoms with E-state index in [4.69, 9.17) is 4.52 Å². The number of aryl methyl sites for hydroxylation is 1. The zero-order chi connectivity index (χ0) is 14.7. The van der Waals surface area contributed by atoms with Gasteiger partial charge in [-0.25, -0.2) is 0 Å². The lowest BCUT2D eigenvalue weighted by Crippen LogP contribution is -2.16. The van der Waals surface area contributed by atoms with Gasteiger partial charge in [-0.15, -0.1) is 11.3 Å². The third-order valence-electron chi connectivity index (χ3n) is 2.89. The average Bonchev–Trinajstić information content (AvgIpc) is 3.10. The van der Waals surface area contributed by atoms with Crippen LogP contribution in [0.25, 0.3) is 0 Å². The van der Waals surface area contributed by atoms with Gasteiger partial charge in [0.2, 0.25) is 5.76 Å². The summed E-state index contributed by atoms with van der Waals surface area (Å²) in [5, 5.41) is 5.60. The first-order valence-electron chi connectivity index (χ1n) is 6.42. The van der Waals surface area contributed by atoms with Crippen LogP contribution in [0.3, 0.4) is 0 Å². The van der Waals surface area contributed by atoms with Crippen molar-refractivity contribution in [1.82, 2.24) is 9.72 Å². The van der Waals surface area contributed by atoms with E-state index in [1.807, 2.05) is 46.5 Å². The predicted octanol–water partition coefficient (Wildman–Crippen LogP) is 2.64. The van der Waals surface area contributed by atoms with Crippen LogP contribution in [0.5, 0.6) is 0 Å². The molecule has 0 bridgehead atoms. The smallest absolute Gasteiger partial charge is 0.318 e. The van der Waals surface area contributed by atoms with Gasteiger partial charge >= 0.3 is 5.91 Å². The molecular weight excluding hydrogens is 286 g/mol. The molecule has 0 aliphatic rings. The second-order valence-corrected chi connectivity index (χ2v) is 5.42. The van der Waals surface area contributed by atoms with Crippen molar-refractivity contribution in [3.8, 4) is 0 Å². The van der Waals surface area contributed by atoms with Gasteiger partial charge in [0.05, 0.1) is 5.69 Å². The van der Waals surface area contributed by atoms with E-state index in [0.29, 0.717) is 17.0 Å². The molecule has 0 saturated carbocycles. The number of rotatable bonds is 3. The summed E-state index contributed by atoms with van der Waals surface area (Å²) in [6.45, 7) is 2.44. The molecule has 0 aliphatic carbocycles. The van der Waals surface area contributed by atoms with Crippen LogP contribution in [0.4, 0.5) is 0 Å². The lowest BCUT2D eigenvalue weighted by molar-refractivity contribution is 0.0962. The van der Waals surface area contributed by atoms with Crippen LogP contribution in [-0.2, 0) is 6.54 Å². The van der Waals surface area contributed by atoms with Crippen molar-refractivity contribution in [3.63, 3.8) is 0 Å². The van der Waals surface area contributed by atoms with Gasteiger partial charge in [0.15, 0.2) is 4.80 Å². The Morgan fingerprint density at radius 1 is 1.38 bits per heavy atom. The van der Waals surface area contributed by atoms with Gasteiger partial charge in [-0.05, 0) is 12.5 Å². The summed E-state index contributed by atoms with van der Waals surface area (Å²) in [7, 11) is 0. The highest BCUT2D eigenvalue weighted by molar-refractivity contribution is 7.07. The number of thiazole rings is 1. The Bertz CT molecular complexity index is 815.